The molecule has 1 saturated heterocycles. The first-order valence-electron chi connectivity index (χ1n) is 9.01. The number of nitrogens with zero attached hydrogens (tertiary/aromatic N) is 2. The molecule has 1 aliphatic rings. The number of amides is 1. The van der Waals surface area contributed by atoms with Crippen molar-refractivity contribution < 1.29 is 4.79 Å². The number of carbonyl (C=O) groups is 1. The van der Waals surface area contributed by atoms with Gasteiger partial charge in [0.15, 0.2) is 0 Å². The average molecular weight is 333 g/mol. The quantitative estimate of drug-likeness (QED) is 0.793. The van der Waals surface area contributed by atoms with Gasteiger partial charge in [-0.05, 0) is 48.4 Å². The van der Waals surface area contributed by atoms with E-state index < -0.39 is 0 Å². The lowest BCUT2D eigenvalue weighted by Crippen LogP contribution is -2.39. The van der Waals surface area contributed by atoms with Gasteiger partial charge in [-0.2, -0.15) is 0 Å². The topological polar surface area (TPSA) is 49.0 Å². The monoisotopic (exact) mass is 333 g/mol. The summed E-state index contributed by atoms with van der Waals surface area (Å²) in [4.78, 5) is 22.0. The first-order chi connectivity index (χ1) is 12.3. The van der Waals surface area contributed by atoms with E-state index in [1.807, 2.05) is 23.1 Å². The van der Waals surface area contributed by atoms with Crippen LogP contribution in [0.3, 0.4) is 0 Å². The highest BCUT2D eigenvalue weighted by atomic mass is 16.2. The zero-order valence-electron chi connectivity index (χ0n) is 14.3. The van der Waals surface area contributed by atoms with Gasteiger partial charge in [0.05, 0.1) is 23.8 Å². The molecule has 0 saturated carbocycles. The van der Waals surface area contributed by atoms with Gasteiger partial charge in [-0.3, -0.25) is 4.79 Å². The van der Waals surface area contributed by atoms with Crippen molar-refractivity contribution in [3.05, 3.63) is 66.0 Å². The molecule has 1 aliphatic heterocycles. The Morgan fingerprint density at radius 1 is 1.08 bits per heavy atom. The summed E-state index contributed by atoms with van der Waals surface area (Å²) in [6, 6.07) is 16.7. The molecular formula is C21H23N3O. The fraction of sp³-hybridized carbons (Fsp3) is 0.333. The molecule has 1 amide bonds. The molecule has 0 bridgehead atoms. The minimum absolute atomic E-state index is 0.233. The first-order valence-corrected chi connectivity index (χ1v) is 9.01. The molecule has 4 nitrogen and oxygen atoms in total. The van der Waals surface area contributed by atoms with Crippen LogP contribution in [-0.2, 0) is 17.6 Å². The number of aromatic amines is 1. The van der Waals surface area contributed by atoms with Gasteiger partial charge in [-0.15, -0.1) is 0 Å². The lowest BCUT2D eigenvalue weighted by atomic mass is 9.90. The Labute approximate surface area is 147 Å². The SMILES string of the molecule is O=C(Cc1ccc2nc[nH]c2c1)N1CCC(Cc2ccccc2)CC1. The highest BCUT2D eigenvalue weighted by molar-refractivity contribution is 5.81. The Balaban J connectivity index is 1.31. The Morgan fingerprint density at radius 2 is 1.88 bits per heavy atom. The van der Waals surface area contributed by atoms with Crippen molar-refractivity contribution in [1.29, 1.82) is 0 Å². The lowest BCUT2D eigenvalue weighted by molar-refractivity contribution is -0.131. The fourth-order valence-corrected chi connectivity index (χ4v) is 3.71. The van der Waals surface area contributed by atoms with Crippen LogP contribution in [0, 0.1) is 5.92 Å². The zero-order chi connectivity index (χ0) is 17.1. The summed E-state index contributed by atoms with van der Waals surface area (Å²) in [5.74, 6) is 0.921. The number of aromatic nitrogens is 2. The van der Waals surface area contributed by atoms with Crippen LogP contribution in [0.4, 0.5) is 0 Å². The van der Waals surface area contributed by atoms with Crippen molar-refractivity contribution in [1.82, 2.24) is 14.9 Å². The fourth-order valence-electron chi connectivity index (χ4n) is 3.71. The molecular weight excluding hydrogens is 310 g/mol. The zero-order valence-corrected chi connectivity index (χ0v) is 14.3. The molecule has 3 aromatic rings. The maximum Gasteiger partial charge on any atom is 0.226 e. The van der Waals surface area contributed by atoms with Crippen molar-refractivity contribution in [2.45, 2.75) is 25.7 Å². The maximum absolute atomic E-state index is 12.6. The molecule has 2 aromatic carbocycles. The Hall–Kier alpha value is -2.62. The van der Waals surface area contributed by atoms with Gasteiger partial charge in [0.2, 0.25) is 5.91 Å². The number of rotatable bonds is 4. The standard InChI is InChI=1S/C21H23N3O/c25-21(14-18-6-7-19-20(13-18)23-15-22-19)24-10-8-17(9-11-24)12-16-4-2-1-3-5-16/h1-7,13,15,17H,8-12,14H2,(H,22,23). The van der Waals surface area contributed by atoms with E-state index in [-0.39, 0.29) is 5.91 Å². The van der Waals surface area contributed by atoms with Crippen LogP contribution in [-0.4, -0.2) is 33.9 Å². The molecule has 128 valence electrons. The van der Waals surface area contributed by atoms with Crippen molar-refractivity contribution in [2.75, 3.05) is 13.1 Å². The predicted molar refractivity (Wildman–Crippen MR) is 99.2 cm³/mol. The van der Waals surface area contributed by atoms with Crippen LogP contribution < -0.4 is 0 Å². The van der Waals surface area contributed by atoms with Gasteiger partial charge in [-0.25, -0.2) is 4.98 Å². The predicted octanol–water partition coefficient (Wildman–Crippen LogP) is 3.59. The Kier molecular flexibility index (Phi) is 4.51. The van der Waals surface area contributed by atoms with E-state index in [0.717, 1.165) is 48.9 Å². The molecule has 0 spiro atoms. The number of hydrogen-bond acceptors (Lipinski definition) is 2. The molecule has 1 aromatic heterocycles. The summed E-state index contributed by atoms with van der Waals surface area (Å²) in [5.41, 5.74) is 4.39. The molecule has 0 atom stereocenters. The average Bonchev–Trinajstić information content (AvgIpc) is 3.11. The molecule has 0 radical (unpaired) electrons. The molecule has 4 rings (SSSR count). The number of benzene rings is 2. The summed E-state index contributed by atoms with van der Waals surface area (Å²) < 4.78 is 0. The summed E-state index contributed by atoms with van der Waals surface area (Å²) in [5, 5.41) is 0. The minimum Gasteiger partial charge on any atom is -0.345 e. The van der Waals surface area contributed by atoms with Gasteiger partial charge in [0, 0.05) is 13.1 Å². The van der Waals surface area contributed by atoms with E-state index >= 15 is 0 Å². The van der Waals surface area contributed by atoms with Crippen LogP contribution in [0.2, 0.25) is 0 Å². The summed E-state index contributed by atoms with van der Waals surface area (Å²) in [6.07, 6.45) is 5.48. The number of fused-ring (bicyclic) bond motifs is 1. The van der Waals surface area contributed by atoms with Crippen LogP contribution in [0.5, 0.6) is 0 Å². The van der Waals surface area contributed by atoms with Gasteiger partial charge >= 0.3 is 0 Å². The third kappa shape index (κ3) is 3.73. The van der Waals surface area contributed by atoms with Crippen molar-refractivity contribution in [2.24, 2.45) is 5.92 Å². The third-order valence-electron chi connectivity index (χ3n) is 5.17. The first kappa shape index (κ1) is 15.9. The molecule has 4 heteroatoms. The summed E-state index contributed by atoms with van der Waals surface area (Å²) in [6.45, 7) is 1.76. The van der Waals surface area contributed by atoms with Gasteiger partial charge < -0.3 is 9.88 Å². The van der Waals surface area contributed by atoms with Crippen LogP contribution in [0.25, 0.3) is 11.0 Å². The van der Waals surface area contributed by atoms with Gasteiger partial charge in [0.1, 0.15) is 0 Å². The molecule has 25 heavy (non-hydrogen) atoms. The van der Waals surface area contributed by atoms with Crippen molar-refractivity contribution >= 4 is 16.9 Å². The molecule has 0 aliphatic carbocycles. The van der Waals surface area contributed by atoms with E-state index in [9.17, 15) is 4.79 Å². The normalized spacial score (nSPS) is 15.6. The molecule has 1 fully saturated rings. The van der Waals surface area contributed by atoms with E-state index in [4.69, 9.17) is 0 Å². The maximum atomic E-state index is 12.6. The number of likely N-dealkylation sites (tertiary alicyclic amines) is 1. The van der Waals surface area contributed by atoms with Crippen molar-refractivity contribution in [3.63, 3.8) is 0 Å². The van der Waals surface area contributed by atoms with Crippen LogP contribution in [0.15, 0.2) is 54.9 Å². The number of imidazole rings is 1. The number of nitrogens with one attached hydrogen (secondary N) is 1. The van der Waals surface area contributed by atoms with E-state index in [1.54, 1.807) is 6.33 Å². The van der Waals surface area contributed by atoms with Crippen LogP contribution in [0.1, 0.15) is 24.0 Å². The second-order valence-corrected chi connectivity index (χ2v) is 6.94. The summed E-state index contributed by atoms with van der Waals surface area (Å²) >= 11 is 0. The number of hydrogen-bond donors (Lipinski definition) is 1. The largest absolute Gasteiger partial charge is 0.345 e. The van der Waals surface area contributed by atoms with Gasteiger partial charge in [0.25, 0.3) is 0 Å². The minimum atomic E-state index is 0.233. The molecule has 1 N–H and O–H groups in total. The van der Waals surface area contributed by atoms with E-state index in [2.05, 4.69) is 40.3 Å². The number of carbonyl (C=O) groups excluding carboxylic acids is 1. The third-order valence-corrected chi connectivity index (χ3v) is 5.17. The van der Waals surface area contributed by atoms with Crippen molar-refractivity contribution in [3.8, 4) is 0 Å². The van der Waals surface area contributed by atoms with Gasteiger partial charge in [-0.1, -0.05) is 36.4 Å². The second kappa shape index (κ2) is 7.09. The van der Waals surface area contributed by atoms with Crippen LogP contribution >= 0.6 is 0 Å². The Bertz CT molecular complexity index is 848. The lowest BCUT2D eigenvalue weighted by Gasteiger charge is -2.32. The van der Waals surface area contributed by atoms with E-state index in [0.29, 0.717) is 12.3 Å². The molecule has 0 unspecified atom stereocenters. The highest BCUT2D eigenvalue weighted by Gasteiger charge is 2.23. The smallest absolute Gasteiger partial charge is 0.226 e. The highest BCUT2D eigenvalue weighted by Crippen LogP contribution is 2.22. The molecule has 2 heterocycles. The Morgan fingerprint density at radius 3 is 2.68 bits per heavy atom. The number of H-pyrrole nitrogens is 1. The number of piperidine rings is 1. The van der Waals surface area contributed by atoms with E-state index in [1.165, 1.54) is 5.56 Å². The summed E-state index contributed by atoms with van der Waals surface area (Å²) in [7, 11) is 0. The second-order valence-electron chi connectivity index (χ2n) is 6.94.